The van der Waals surface area contributed by atoms with Gasteiger partial charge in [0.2, 0.25) is 0 Å². The minimum absolute atomic E-state index is 0.233. The van der Waals surface area contributed by atoms with Crippen molar-refractivity contribution in [2.24, 2.45) is 5.92 Å². The fourth-order valence-corrected chi connectivity index (χ4v) is 3.29. The first kappa shape index (κ1) is 18.7. The molecule has 1 aliphatic rings. The summed E-state index contributed by atoms with van der Waals surface area (Å²) in [5.41, 5.74) is 1.93. The predicted octanol–water partition coefficient (Wildman–Crippen LogP) is 4.24. The lowest BCUT2D eigenvalue weighted by molar-refractivity contribution is -0.384. The van der Waals surface area contributed by atoms with Crippen molar-refractivity contribution in [1.29, 1.82) is 0 Å². The quantitative estimate of drug-likeness (QED) is 0.405. The summed E-state index contributed by atoms with van der Waals surface area (Å²) >= 11 is 0. The molecule has 0 aromatic heterocycles. The average molecular weight is 333 g/mol. The van der Waals surface area contributed by atoms with Crippen LogP contribution in [0.4, 0.5) is 11.4 Å². The highest BCUT2D eigenvalue weighted by Crippen LogP contribution is 2.29. The molecule has 5 heteroatoms. The Labute approximate surface area is 145 Å². The molecule has 0 bridgehead atoms. The van der Waals surface area contributed by atoms with Gasteiger partial charge in [-0.05, 0) is 37.4 Å². The Bertz CT molecular complexity index is 539. The van der Waals surface area contributed by atoms with E-state index in [1.165, 1.54) is 25.7 Å². The molecular formula is C19H31N3O2. The van der Waals surface area contributed by atoms with Crippen LogP contribution in [0.1, 0.15) is 45.1 Å². The molecule has 0 spiro atoms. The van der Waals surface area contributed by atoms with Crippen LogP contribution in [-0.4, -0.2) is 42.5 Å². The van der Waals surface area contributed by atoms with Crippen molar-refractivity contribution in [1.82, 2.24) is 4.90 Å². The molecule has 1 aromatic carbocycles. The standard InChI is InChI=1S/C19H31N3O2/c1-4-16(2)7-5-6-10-20-11-13-21(14-12-20)18-9-8-17(3)15-19(18)22(23)24/h8-9,15-16H,4-7,10-14H2,1-3H3. The molecule has 1 aliphatic heterocycles. The summed E-state index contributed by atoms with van der Waals surface area (Å²) in [5, 5.41) is 11.3. The first-order valence-electron chi connectivity index (χ1n) is 9.23. The second kappa shape index (κ2) is 9.02. The van der Waals surface area contributed by atoms with Gasteiger partial charge in [0.1, 0.15) is 5.69 Å². The maximum absolute atomic E-state index is 11.3. The fourth-order valence-electron chi connectivity index (χ4n) is 3.29. The molecule has 1 saturated heterocycles. The normalized spacial score (nSPS) is 17.0. The first-order chi connectivity index (χ1) is 11.5. The number of piperazine rings is 1. The van der Waals surface area contributed by atoms with Gasteiger partial charge < -0.3 is 4.90 Å². The molecule has 0 aliphatic carbocycles. The molecular weight excluding hydrogens is 302 g/mol. The Morgan fingerprint density at radius 1 is 1.21 bits per heavy atom. The van der Waals surface area contributed by atoms with E-state index in [1.807, 2.05) is 19.1 Å². The molecule has 1 atom stereocenters. The third-order valence-electron chi connectivity index (χ3n) is 5.16. The van der Waals surface area contributed by atoms with Gasteiger partial charge in [-0.25, -0.2) is 0 Å². The van der Waals surface area contributed by atoms with E-state index >= 15 is 0 Å². The van der Waals surface area contributed by atoms with E-state index in [9.17, 15) is 10.1 Å². The van der Waals surface area contributed by atoms with E-state index in [0.717, 1.165) is 49.9 Å². The Hall–Kier alpha value is -1.62. The number of anilines is 1. The largest absolute Gasteiger partial charge is 0.363 e. The molecule has 1 heterocycles. The molecule has 134 valence electrons. The van der Waals surface area contributed by atoms with Crippen molar-refractivity contribution in [2.75, 3.05) is 37.6 Å². The van der Waals surface area contributed by atoms with Crippen LogP contribution in [0.2, 0.25) is 0 Å². The molecule has 1 aromatic rings. The van der Waals surface area contributed by atoms with Crippen LogP contribution in [0, 0.1) is 23.0 Å². The first-order valence-corrected chi connectivity index (χ1v) is 9.23. The molecule has 1 unspecified atom stereocenters. The van der Waals surface area contributed by atoms with Gasteiger partial charge >= 0.3 is 0 Å². The fraction of sp³-hybridized carbons (Fsp3) is 0.684. The monoisotopic (exact) mass is 333 g/mol. The summed E-state index contributed by atoms with van der Waals surface area (Å²) in [6.45, 7) is 11.4. The number of nitro groups is 1. The lowest BCUT2D eigenvalue weighted by Gasteiger charge is -2.35. The van der Waals surface area contributed by atoms with Crippen molar-refractivity contribution >= 4 is 11.4 Å². The van der Waals surface area contributed by atoms with Gasteiger partial charge in [0.25, 0.3) is 5.69 Å². The second-order valence-corrected chi connectivity index (χ2v) is 7.09. The van der Waals surface area contributed by atoms with E-state index in [4.69, 9.17) is 0 Å². The van der Waals surface area contributed by atoms with Gasteiger partial charge in [0, 0.05) is 32.2 Å². The van der Waals surface area contributed by atoms with Crippen LogP contribution in [-0.2, 0) is 0 Å². The minimum atomic E-state index is -0.260. The third-order valence-corrected chi connectivity index (χ3v) is 5.16. The third kappa shape index (κ3) is 5.20. The van der Waals surface area contributed by atoms with Crippen molar-refractivity contribution in [3.05, 3.63) is 33.9 Å². The summed E-state index contributed by atoms with van der Waals surface area (Å²) < 4.78 is 0. The van der Waals surface area contributed by atoms with E-state index in [2.05, 4.69) is 23.6 Å². The highest BCUT2D eigenvalue weighted by Gasteiger charge is 2.23. The molecule has 1 fully saturated rings. The number of hydrogen-bond donors (Lipinski definition) is 0. The Morgan fingerprint density at radius 3 is 2.54 bits per heavy atom. The van der Waals surface area contributed by atoms with Gasteiger partial charge in [0.05, 0.1) is 4.92 Å². The molecule has 5 nitrogen and oxygen atoms in total. The van der Waals surface area contributed by atoms with E-state index in [0.29, 0.717) is 0 Å². The highest BCUT2D eigenvalue weighted by molar-refractivity contribution is 5.64. The predicted molar refractivity (Wildman–Crippen MR) is 99.8 cm³/mol. The van der Waals surface area contributed by atoms with Crippen LogP contribution in [0.3, 0.4) is 0 Å². The van der Waals surface area contributed by atoms with Crippen molar-refractivity contribution in [3.8, 4) is 0 Å². The van der Waals surface area contributed by atoms with E-state index in [-0.39, 0.29) is 10.6 Å². The zero-order valence-corrected chi connectivity index (χ0v) is 15.3. The number of nitrogens with zero attached hydrogens (tertiary/aromatic N) is 3. The molecule has 0 N–H and O–H groups in total. The van der Waals surface area contributed by atoms with E-state index in [1.54, 1.807) is 6.07 Å². The summed E-state index contributed by atoms with van der Waals surface area (Å²) in [5.74, 6) is 0.837. The topological polar surface area (TPSA) is 49.6 Å². The van der Waals surface area contributed by atoms with Crippen LogP contribution in [0.5, 0.6) is 0 Å². The summed E-state index contributed by atoms with van der Waals surface area (Å²) in [6.07, 6.45) is 5.16. The van der Waals surface area contributed by atoms with Gasteiger partial charge in [0.15, 0.2) is 0 Å². The zero-order chi connectivity index (χ0) is 17.5. The average Bonchev–Trinajstić information content (AvgIpc) is 2.59. The maximum Gasteiger partial charge on any atom is 0.292 e. The molecule has 0 saturated carbocycles. The number of rotatable bonds is 8. The molecule has 24 heavy (non-hydrogen) atoms. The van der Waals surface area contributed by atoms with Crippen LogP contribution >= 0.6 is 0 Å². The lowest BCUT2D eigenvalue weighted by atomic mass is 10.0. The number of hydrogen-bond acceptors (Lipinski definition) is 4. The van der Waals surface area contributed by atoms with Gasteiger partial charge in [-0.15, -0.1) is 0 Å². The molecule has 0 radical (unpaired) electrons. The number of benzene rings is 1. The van der Waals surface area contributed by atoms with Crippen molar-refractivity contribution in [2.45, 2.75) is 46.5 Å². The second-order valence-electron chi connectivity index (χ2n) is 7.09. The Kier molecular flexibility index (Phi) is 7.03. The number of nitro benzene ring substituents is 1. The minimum Gasteiger partial charge on any atom is -0.363 e. The Morgan fingerprint density at radius 2 is 1.92 bits per heavy atom. The van der Waals surface area contributed by atoms with Crippen LogP contribution in [0.15, 0.2) is 18.2 Å². The zero-order valence-electron chi connectivity index (χ0n) is 15.3. The van der Waals surface area contributed by atoms with Crippen molar-refractivity contribution < 1.29 is 4.92 Å². The molecule has 2 rings (SSSR count). The SMILES string of the molecule is CCC(C)CCCCN1CCN(c2ccc(C)cc2[N+](=O)[O-])CC1. The summed E-state index contributed by atoms with van der Waals surface area (Å²) in [6, 6.07) is 5.54. The number of aryl methyl sites for hydroxylation is 1. The van der Waals surface area contributed by atoms with Gasteiger partial charge in [-0.1, -0.05) is 39.2 Å². The van der Waals surface area contributed by atoms with Crippen LogP contribution in [0.25, 0.3) is 0 Å². The summed E-state index contributed by atoms with van der Waals surface area (Å²) in [7, 11) is 0. The molecule has 0 amide bonds. The lowest BCUT2D eigenvalue weighted by Crippen LogP contribution is -2.46. The van der Waals surface area contributed by atoms with E-state index < -0.39 is 0 Å². The smallest absolute Gasteiger partial charge is 0.292 e. The summed E-state index contributed by atoms with van der Waals surface area (Å²) in [4.78, 5) is 15.7. The number of unbranched alkanes of at least 4 members (excludes halogenated alkanes) is 1. The maximum atomic E-state index is 11.3. The van der Waals surface area contributed by atoms with Crippen LogP contribution < -0.4 is 4.90 Å². The van der Waals surface area contributed by atoms with Gasteiger partial charge in [-0.2, -0.15) is 0 Å². The highest BCUT2D eigenvalue weighted by atomic mass is 16.6. The van der Waals surface area contributed by atoms with Gasteiger partial charge in [-0.3, -0.25) is 15.0 Å². The van der Waals surface area contributed by atoms with Crippen molar-refractivity contribution in [3.63, 3.8) is 0 Å². The Balaban J connectivity index is 1.82.